The summed E-state index contributed by atoms with van der Waals surface area (Å²) in [6, 6.07) is 0. The molecule has 0 spiro atoms. The van der Waals surface area contributed by atoms with Crippen molar-refractivity contribution in [3.05, 3.63) is 0 Å². The van der Waals surface area contributed by atoms with E-state index in [0.29, 0.717) is 13.0 Å². The first-order valence-corrected chi connectivity index (χ1v) is 13.9. The smallest absolute Gasteiger partial charge is 0.305 e. The summed E-state index contributed by atoms with van der Waals surface area (Å²) in [5, 5.41) is 17.6. The molecule has 2 N–H and O–H groups in total. The van der Waals surface area contributed by atoms with Crippen LogP contribution in [0, 0.1) is 0 Å². The summed E-state index contributed by atoms with van der Waals surface area (Å²) in [6.45, 7) is 3.65. The van der Waals surface area contributed by atoms with Gasteiger partial charge in [0.05, 0.1) is 46.2 Å². The summed E-state index contributed by atoms with van der Waals surface area (Å²) in [7, 11) is 0. The van der Waals surface area contributed by atoms with Crippen LogP contribution in [0.15, 0.2) is 0 Å². The molecule has 0 fully saturated rings. The fraction of sp³-hybridized carbons (Fsp3) is 0.963. The molecule has 0 amide bonds. The fourth-order valence-corrected chi connectivity index (χ4v) is 3.79. The maximum Gasteiger partial charge on any atom is 0.305 e. The second-order valence-electron chi connectivity index (χ2n) is 9.01. The second-order valence-corrected chi connectivity index (χ2v) is 9.01. The lowest BCUT2D eigenvalue weighted by atomic mass is 10.0. The third-order valence-electron chi connectivity index (χ3n) is 5.76. The van der Waals surface area contributed by atoms with E-state index in [2.05, 4.69) is 6.92 Å². The van der Waals surface area contributed by atoms with E-state index < -0.39 is 0 Å². The second kappa shape index (κ2) is 28.5. The first kappa shape index (κ1) is 33.3. The first-order valence-electron chi connectivity index (χ1n) is 13.9. The molecular formula is C27H54O7. The Morgan fingerprint density at radius 1 is 0.618 bits per heavy atom. The molecule has 0 aliphatic carbocycles. The van der Waals surface area contributed by atoms with Gasteiger partial charge in [-0.15, -0.1) is 0 Å². The summed E-state index contributed by atoms with van der Waals surface area (Å²) in [5.41, 5.74) is 0. The third kappa shape index (κ3) is 25.9. The van der Waals surface area contributed by atoms with Crippen molar-refractivity contribution in [1.29, 1.82) is 0 Å². The Labute approximate surface area is 208 Å². The number of rotatable bonds is 28. The van der Waals surface area contributed by atoms with Crippen molar-refractivity contribution in [2.24, 2.45) is 0 Å². The highest BCUT2D eigenvalue weighted by Crippen LogP contribution is 2.13. The van der Waals surface area contributed by atoms with E-state index in [1.54, 1.807) is 0 Å². The molecule has 34 heavy (non-hydrogen) atoms. The lowest BCUT2D eigenvalue weighted by Crippen LogP contribution is -2.28. The van der Waals surface area contributed by atoms with Crippen LogP contribution in [0.3, 0.4) is 0 Å². The predicted molar refractivity (Wildman–Crippen MR) is 136 cm³/mol. The molecule has 1 unspecified atom stereocenters. The van der Waals surface area contributed by atoms with Crippen molar-refractivity contribution >= 4 is 5.97 Å². The zero-order chi connectivity index (χ0) is 25.0. The highest BCUT2D eigenvalue weighted by atomic mass is 16.6. The number of aliphatic hydroxyl groups is 2. The minimum absolute atomic E-state index is 0.0527. The van der Waals surface area contributed by atoms with Crippen LogP contribution in [0.1, 0.15) is 110 Å². The van der Waals surface area contributed by atoms with Crippen molar-refractivity contribution in [2.75, 3.05) is 52.9 Å². The van der Waals surface area contributed by atoms with Gasteiger partial charge in [-0.25, -0.2) is 0 Å². The molecule has 0 heterocycles. The Balaban J connectivity index is 3.39. The molecule has 1 atom stereocenters. The average molecular weight is 491 g/mol. The molecular weight excluding hydrogens is 436 g/mol. The van der Waals surface area contributed by atoms with E-state index >= 15 is 0 Å². The number of hydrogen-bond donors (Lipinski definition) is 2. The van der Waals surface area contributed by atoms with Gasteiger partial charge in [-0.2, -0.15) is 0 Å². The maximum atomic E-state index is 11.8. The van der Waals surface area contributed by atoms with Gasteiger partial charge in [0, 0.05) is 6.42 Å². The van der Waals surface area contributed by atoms with Crippen molar-refractivity contribution < 1.29 is 34.0 Å². The molecule has 7 nitrogen and oxygen atoms in total. The normalized spacial score (nSPS) is 12.2. The highest BCUT2D eigenvalue weighted by molar-refractivity contribution is 5.69. The Morgan fingerprint density at radius 3 is 1.59 bits per heavy atom. The highest BCUT2D eigenvalue weighted by Gasteiger charge is 2.10. The molecule has 0 aromatic heterocycles. The van der Waals surface area contributed by atoms with Gasteiger partial charge in [-0.1, -0.05) is 96.8 Å². The summed E-state index contributed by atoms with van der Waals surface area (Å²) in [5.74, 6) is -0.169. The lowest BCUT2D eigenvalue weighted by molar-refractivity contribution is -0.146. The molecule has 7 heteroatoms. The molecule has 0 aliphatic rings. The van der Waals surface area contributed by atoms with Crippen molar-refractivity contribution in [3.8, 4) is 0 Å². The molecule has 0 rings (SSSR count). The summed E-state index contributed by atoms with van der Waals surface area (Å²) in [6.07, 6.45) is 19.8. The number of hydrogen-bond acceptors (Lipinski definition) is 7. The molecule has 204 valence electrons. The van der Waals surface area contributed by atoms with Gasteiger partial charge in [0.25, 0.3) is 0 Å². The van der Waals surface area contributed by atoms with Crippen molar-refractivity contribution in [3.63, 3.8) is 0 Å². The molecule has 0 aliphatic heterocycles. The van der Waals surface area contributed by atoms with Crippen LogP contribution in [0.4, 0.5) is 0 Å². The molecule has 0 radical (unpaired) electrons. The van der Waals surface area contributed by atoms with Crippen LogP contribution in [-0.2, 0) is 23.7 Å². The summed E-state index contributed by atoms with van der Waals surface area (Å²) in [4.78, 5) is 11.8. The SMILES string of the molecule is CCCCCCCCCCCCCCCCCC(=O)OCCOCC(COCCO)OCCO. The van der Waals surface area contributed by atoms with Gasteiger partial charge < -0.3 is 29.2 Å². The Morgan fingerprint density at radius 2 is 1.09 bits per heavy atom. The largest absolute Gasteiger partial charge is 0.463 e. The Kier molecular flexibility index (Phi) is 27.9. The zero-order valence-corrected chi connectivity index (χ0v) is 22.0. The standard InChI is InChI=1S/C27H54O7/c1-2-3-4-5-6-7-8-9-10-11-12-13-14-15-16-17-27(30)34-23-22-32-25-26(33-21-19-29)24-31-20-18-28/h26,28-29H,2-25H2,1H3. The van der Waals surface area contributed by atoms with E-state index in [9.17, 15) is 4.79 Å². The monoisotopic (exact) mass is 490 g/mol. The van der Waals surface area contributed by atoms with Crippen LogP contribution in [0.25, 0.3) is 0 Å². The summed E-state index contributed by atoms with van der Waals surface area (Å²) < 4.78 is 21.3. The van der Waals surface area contributed by atoms with E-state index in [-0.39, 0.29) is 58.3 Å². The van der Waals surface area contributed by atoms with Gasteiger partial charge in [0.2, 0.25) is 0 Å². The first-order chi connectivity index (χ1) is 16.7. The predicted octanol–water partition coefficient (Wildman–Crippen LogP) is 5.19. The van der Waals surface area contributed by atoms with Crippen molar-refractivity contribution in [2.45, 2.75) is 116 Å². The molecule has 0 bridgehead atoms. The number of ether oxygens (including phenoxy) is 4. The average Bonchev–Trinajstić information content (AvgIpc) is 2.84. The quantitative estimate of drug-likeness (QED) is 0.115. The summed E-state index contributed by atoms with van der Waals surface area (Å²) >= 11 is 0. The van der Waals surface area contributed by atoms with E-state index in [1.807, 2.05) is 0 Å². The minimum atomic E-state index is -0.324. The van der Waals surface area contributed by atoms with Gasteiger partial charge in [-0.3, -0.25) is 4.79 Å². The van der Waals surface area contributed by atoms with Crippen LogP contribution in [0.5, 0.6) is 0 Å². The van der Waals surface area contributed by atoms with Crippen LogP contribution in [0.2, 0.25) is 0 Å². The Hall–Kier alpha value is -0.730. The number of carbonyl (C=O) groups is 1. The fourth-order valence-electron chi connectivity index (χ4n) is 3.79. The van der Waals surface area contributed by atoms with Crippen LogP contribution in [-0.4, -0.2) is 75.1 Å². The third-order valence-corrected chi connectivity index (χ3v) is 5.76. The minimum Gasteiger partial charge on any atom is -0.463 e. The maximum absolute atomic E-state index is 11.8. The van der Waals surface area contributed by atoms with E-state index in [4.69, 9.17) is 29.2 Å². The number of unbranched alkanes of at least 4 members (excludes halogenated alkanes) is 14. The Bertz CT molecular complexity index is 406. The lowest BCUT2D eigenvalue weighted by Gasteiger charge is -2.17. The number of esters is 1. The number of aliphatic hydroxyl groups excluding tert-OH is 2. The molecule has 0 saturated heterocycles. The van der Waals surface area contributed by atoms with E-state index in [1.165, 1.54) is 83.5 Å². The van der Waals surface area contributed by atoms with Crippen molar-refractivity contribution in [1.82, 2.24) is 0 Å². The zero-order valence-electron chi connectivity index (χ0n) is 22.0. The molecule has 0 aromatic carbocycles. The number of carbonyl (C=O) groups excluding carboxylic acids is 1. The van der Waals surface area contributed by atoms with Crippen LogP contribution >= 0.6 is 0 Å². The van der Waals surface area contributed by atoms with Gasteiger partial charge in [-0.05, 0) is 6.42 Å². The van der Waals surface area contributed by atoms with Gasteiger partial charge in [0.15, 0.2) is 0 Å². The topological polar surface area (TPSA) is 94.5 Å². The molecule has 0 saturated carbocycles. The van der Waals surface area contributed by atoms with Crippen LogP contribution < -0.4 is 0 Å². The van der Waals surface area contributed by atoms with E-state index in [0.717, 1.165) is 12.8 Å². The van der Waals surface area contributed by atoms with Gasteiger partial charge >= 0.3 is 5.97 Å². The molecule has 0 aromatic rings. The van der Waals surface area contributed by atoms with Gasteiger partial charge in [0.1, 0.15) is 12.7 Å².